The third-order valence-electron chi connectivity index (χ3n) is 3.18. The van der Waals surface area contributed by atoms with Crippen LogP contribution in [-0.4, -0.2) is 41.2 Å². The van der Waals surface area contributed by atoms with E-state index in [4.69, 9.17) is 5.11 Å². The van der Waals surface area contributed by atoms with Gasteiger partial charge in [0.15, 0.2) is 0 Å². The fourth-order valence-electron chi connectivity index (χ4n) is 2.23. The standard InChI is InChI=1S/C12H18N4O2/c1-8-14-10(13-2)6-11(15-8)16-5-3-4-9(7-16)12(17)18/h6,9H,3-5,7H2,1-2H3,(H,17,18)(H,13,14,15). The van der Waals surface area contributed by atoms with Crippen LogP contribution in [0.2, 0.25) is 0 Å². The highest BCUT2D eigenvalue weighted by molar-refractivity contribution is 5.71. The van der Waals surface area contributed by atoms with Crippen LogP contribution in [0.3, 0.4) is 0 Å². The zero-order valence-corrected chi connectivity index (χ0v) is 10.7. The minimum atomic E-state index is -0.723. The summed E-state index contributed by atoms with van der Waals surface area (Å²) in [6.45, 7) is 3.21. The van der Waals surface area contributed by atoms with Crippen molar-refractivity contribution >= 4 is 17.6 Å². The van der Waals surface area contributed by atoms with Crippen LogP contribution in [0.1, 0.15) is 18.7 Å². The van der Waals surface area contributed by atoms with Gasteiger partial charge in [-0.3, -0.25) is 4.79 Å². The van der Waals surface area contributed by atoms with Gasteiger partial charge in [-0.05, 0) is 19.8 Å². The van der Waals surface area contributed by atoms with Gasteiger partial charge < -0.3 is 15.3 Å². The lowest BCUT2D eigenvalue weighted by molar-refractivity contribution is -0.141. The Morgan fingerprint density at radius 3 is 3.00 bits per heavy atom. The SMILES string of the molecule is CNc1cc(N2CCCC(C(=O)O)C2)nc(C)n1. The molecule has 1 aromatic heterocycles. The maximum Gasteiger partial charge on any atom is 0.308 e. The van der Waals surface area contributed by atoms with Crippen LogP contribution in [0.5, 0.6) is 0 Å². The van der Waals surface area contributed by atoms with Gasteiger partial charge in [-0.2, -0.15) is 0 Å². The number of hydrogen-bond acceptors (Lipinski definition) is 5. The first-order valence-electron chi connectivity index (χ1n) is 6.11. The number of anilines is 2. The molecule has 18 heavy (non-hydrogen) atoms. The number of aryl methyl sites for hydroxylation is 1. The number of aromatic nitrogens is 2. The summed E-state index contributed by atoms with van der Waals surface area (Å²) in [5.41, 5.74) is 0. The first-order chi connectivity index (χ1) is 8.60. The lowest BCUT2D eigenvalue weighted by Crippen LogP contribution is -2.39. The summed E-state index contributed by atoms with van der Waals surface area (Å²) in [6.07, 6.45) is 1.63. The third kappa shape index (κ3) is 2.69. The molecule has 0 radical (unpaired) electrons. The van der Waals surface area contributed by atoms with E-state index < -0.39 is 5.97 Å². The van der Waals surface area contributed by atoms with E-state index in [1.807, 2.05) is 24.9 Å². The fraction of sp³-hybridized carbons (Fsp3) is 0.583. The molecule has 1 atom stereocenters. The van der Waals surface area contributed by atoms with Crippen molar-refractivity contribution in [3.8, 4) is 0 Å². The topological polar surface area (TPSA) is 78.4 Å². The number of carbonyl (C=O) groups is 1. The molecule has 0 aliphatic carbocycles. The van der Waals surface area contributed by atoms with Gasteiger partial charge in [0.2, 0.25) is 0 Å². The van der Waals surface area contributed by atoms with Crippen LogP contribution in [0.25, 0.3) is 0 Å². The van der Waals surface area contributed by atoms with Gasteiger partial charge in [0.25, 0.3) is 0 Å². The molecular formula is C12H18N4O2. The number of hydrogen-bond donors (Lipinski definition) is 2. The number of carboxylic acid groups (broad SMARTS) is 1. The number of nitrogens with one attached hydrogen (secondary N) is 1. The molecule has 0 aromatic carbocycles. The monoisotopic (exact) mass is 250 g/mol. The van der Waals surface area contributed by atoms with Crippen molar-refractivity contribution < 1.29 is 9.90 Å². The summed E-state index contributed by atoms with van der Waals surface area (Å²) < 4.78 is 0. The van der Waals surface area contributed by atoms with Crippen LogP contribution in [0.15, 0.2) is 6.07 Å². The third-order valence-corrected chi connectivity index (χ3v) is 3.18. The molecule has 2 N–H and O–H groups in total. The molecule has 1 unspecified atom stereocenters. The lowest BCUT2D eigenvalue weighted by Gasteiger charge is -2.31. The van der Waals surface area contributed by atoms with Crippen LogP contribution >= 0.6 is 0 Å². The van der Waals surface area contributed by atoms with E-state index in [0.29, 0.717) is 12.4 Å². The first kappa shape index (κ1) is 12.6. The van der Waals surface area contributed by atoms with Gasteiger partial charge in [-0.1, -0.05) is 0 Å². The van der Waals surface area contributed by atoms with E-state index in [1.54, 1.807) is 0 Å². The summed E-state index contributed by atoms with van der Waals surface area (Å²) >= 11 is 0. The summed E-state index contributed by atoms with van der Waals surface area (Å²) in [7, 11) is 1.81. The molecule has 1 fully saturated rings. The Morgan fingerprint density at radius 2 is 2.33 bits per heavy atom. The molecule has 2 rings (SSSR count). The molecule has 0 bridgehead atoms. The largest absolute Gasteiger partial charge is 0.481 e. The number of rotatable bonds is 3. The Labute approximate surface area is 106 Å². The second-order valence-electron chi connectivity index (χ2n) is 4.53. The molecule has 2 heterocycles. The van der Waals surface area contributed by atoms with Crippen molar-refractivity contribution in [2.24, 2.45) is 5.92 Å². The Kier molecular flexibility index (Phi) is 3.64. The van der Waals surface area contributed by atoms with E-state index in [9.17, 15) is 4.79 Å². The number of carboxylic acids is 1. The van der Waals surface area contributed by atoms with Gasteiger partial charge in [-0.15, -0.1) is 0 Å². The molecule has 0 spiro atoms. The van der Waals surface area contributed by atoms with Gasteiger partial charge in [-0.25, -0.2) is 9.97 Å². The number of aliphatic carboxylic acids is 1. The van der Waals surface area contributed by atoms with Gasteiger partial charge in [0.05, 0.1) is 5.92 Å². The molecule has 1 saturated heterocycles. The smallest absolute Gasteiger partial charge is 0.308 e. The fourth-order valence-corrected chi connectivity index (χ4v) is 2.23. The van der Waals surface area contributed by atoms with Crippen LogP contribution in [0, 0.1) is 12.8 Å². The maximum absolute atomic E-state index is 11.0. The van der Waals surface area contributed by atoms with Crippen molar-refractivity contribution in [1.82, 2.24) is 9.97 Å². The molecule has 6 heteroatoms. The van der Waals surface area contributed by atoms with Gasteiger partial charge in [0.1, 0.15) is 17.5 Å². The van der Waals surface area contributed by atoms with Crippen molar-refractivity contribution in [2.45, 2.75) is 19.8 Å². The Bertz CT molecular complexity index is 450. The highest BCUT2D eigenvalue weighted by Crippen LogP contribution is 2.23. The summed E-state index contributed by atoms with van der Waals surface area (Å²) in [5, 5.41) is 12.1. The van der Waals surface area contributed by atoms with E-state index >= 15 is 0 Å². The van der Waals surface area contributed by atoms with Gasteiger partial charge in [0, 0.05) is 26.2 Å². The minimum Gasteiger partial charge on any atom is -0.481 e. The highest BCUT2D eigenvalue weighted by Gasteiger charge is 2.26. The molecule has 98 valence electrons. The van der Waals surface area contributed by atoms with Crippen molar-refractivity contribution in [3.63, 3.8) is 0 Å². The van der Waals surface area contributed by atoms with Crippen molar-refractivity contribution in [1.29, 1.82) is 0 Å². The van der Waals surface area contributed by atoms with Gasteiger partial charge >= 0.3 is 5.97 Å². The predicted octanol–water partition coefficient (Wildman–Crippen LogP) is 1.13. The molecule has 0 amide bonds. The average Bonchev–Trinajstić information content (AvgIpc) is 2.38. The summed E-state index contributed by atoms with van der Waals surface area (Å²) in [4.78, 5) is 21.7. The second-order valence-corrected chi connectivity index (χ2v) is 4.53. The van der Waals surface area contributed by atoms with Crippen LogP contribution in [0.4, 0.5) is 11.6 Å². The van der Waals surface area contributed by atoms with E-state index in [1.165, 1.54) is 0 Å². The number of piperidine rings is 1. The molecule has 1 aromatic rings. The summed E-state index contributed by atoms with van der Waals surface area (Å²) in [6, 6.07) is 1.86. The normalized spacial score (nSPS) is 19.7. The van der Waals surface area contributed by atoms with Crippen molar-refractivity contribution in [3.05, 3.63) is 11.9 Å². The molecule has 1 aliphatic rings. The lowest BCUT2D eigenvalue weighted by atomic mass is 9.98. The predicted molar refractivity (Wildman–Crippen MR) is 68.9 cm³/mol. The van der Waals surface area contributed by atoms with E-state index in [0.717, 1.165) is 31.0 Å². The van der Waals surface area contributed by atoms with Crippen LogP contribution < -0.4 is 10.2 Å². The summed E-state index contributed by atoms with van der Waals surface area (Å²) in [5.74, 6) is 1.23. The second kappa shape index (κ2) is 5.20. The molecule has 6 nitrogen and oxygen atoms in total. The zero-order valence-electron chi connectivity index (χ0n) is 10.7. The Balaban J connectivity index is 2.20. The maximum atomic E-state index is 11.0. The average molecular weight is 250 g/mol. The van der Waals surface area contributed by atoms with Crippen LogP contribution in [-0.2, 0) is 4.79 Å². The van der Waals surface area contributed by atoms with E-state index in [2.05, 4.69) is 15.3 Å². The molecule has 0 saturated carbocycles. The number of nitrogens with zero attached hydrogens (tertiary/aromatic N) is 3. The zero-order chi connectivity index (χ0) is 13.1. The van der Waals surface area contributed by atoms with E-state index in [-0.39, 0.29) is 5.92 Å². The quantitative estimate of drug-likeness (QED) is 0.837. The van der Waals surface area contributed by atoms with Crippen molar-refractivity contribution in [2.75, 3.05) is 30.4 Å². The Morgan fingerprint density at radius 1 is 1.56 bits per heavy atom. The minimum absolute atomic E-state index is 0.299. The first-order valence-corrected chi connectivity index (χ1v) is 6.11. The Hall–Kier alpha value is -1.85. The molecule has 1 aliphatic heterocycles. The molecular weight excluding hydrogens is 232 g/mol. The highest BCUT2D eigenvalue weighted by atomic mass is 16.4.